The van der Waals surface area contributed by atoms with Gasteiger partial charge in [-0.1, -0.05) is 102 Å². The number of phenols is 2. The van der Waals surface area contributed by atoms with E-state index >= 15 is 0 Å². The molecule has 2 N–H and O–H groups in total. The van der Waals surface area contributed by atoms with Crippen molar-refractivity contribution in [2.45, 2.75) is 117 Å². The molecule has 0 atom stereocenters. The smallest absolute Gasteiger partial charge is 0.331 e. The number of phenolic OH excluding ortho intramolecular Hbond substituents is 2. The predicted molar refractivity (Wildman–Crippen MR) is 154 cm³/mol. The minimum absolute atomic E-state index is 0.0535. The van der Waals surface area contributed by atoms with Gasteiger partial charge in [0.05, 0.1) is 0 Å². The number of hydrogen-bond acceptors (Lipinski definition) is 4. The van der Waals surface area contributed by atoms with Crippen LogP contribution in [0.25, 0.3) is 0 Å². The maximum Gasteiger partial charge on any atom is 0.331 e. The lowest BCUT2D eigenvalue weighted by molar-refractivity contribution is -0.149. The molecule has 204 valence electrons. The zero-order chi connectivity index (χ0) is 28.9. The average molecular weight is 509 g/mol. The molecule has 37 heavy (non-hydrogen) atoms. The van der Waals surface area contributed by atoms with Crippen LogP contribution in [0, 0.1) is 0 Å². The number of carbonyl (C=O) groups excluding carboxylic acids is 1. The second-order valence-corrected chi connectivity index (χ2v) is 14.5. The fraction of sp³-hybridized carbons (Fsp3) is 0.545. The Morgan fingerprint density at radius 2 is 0.919 bits per heavy atom. The lowest BCUT2D eigenvalue weighted by atomic mass is 9.73. The summed E-state index contributed by atoms with van der Waals surface area (Å²) in [4.78, 5) is 12.8. The van der Waals surface area contributed by atoms with Crippen LogP contribution in [0.5, 0.6) is 11.5 Å². The minimum Gasteiger partial charge on any atom is -0.507 e. The van der Waals surface area contributed by atoms with Gasteiger partial charge >= 0.3 is 5.97 Å². The first-order valence-electron chi connectivity index (χ1n) is 13.1. The fourth-order valence-corrected chi connectivity index (χ4v) is 4.50. The Balaban J connectivity index is 3.19. The van der Waals surface area contributed by atoms with Gasteiger partial charge in [0.2, 0.25) is 0 Å². The van der Waals surface area contributed by atoms with Crippen molar-refractivity contribution in [3.05, 3.63) is 70.3 Å². The van der Waals surface area contributed by atoms with Gasteiger partial charge < -0.3 is 14.9 Å². The number of carbonyl (C=O) groups is 1. The van der Waals surface area contributed by atoms with Crippen LogP contribution in [0.2, 0.25) is 0 Å². The Labute approximate surface area is 224 Å². The van der Waals surface area contributed by atoms with E-state index in [2.05, 4.69) is 48.1 Å². The van der Waals surface area contributed by atoms with E-state index in [4.69, 9.17) is 4.74 Å². The van der Waals surface area contributed by atoms with E-state index in [0.29, 0.717) is 11.1 Å². The van der Waals surface area contributed by atoms with Gasteiger partial charge in [0, 0.05) is 17.2 Å². The van der Waals surface area contributed by atoms with E-state index in [9.17, 15) is 15.0 Å². The maximum absolute atomic E-state index is 12.8. The molecule has 4 heteroatoms. The number of aromatic hydroxyl groups is 2. The van der Waals surface area contributed by atoms with E-state index < -0.39 is 11.6 Å². The highest BCUT2D eigenvalue weighted by atomic mass is 16.6. The molecule has 0 saturated heterocycles. The van der Waals surface area contributed by atoms with E-state index in [1.807, 2.05) is 65.8 Å². The van der Waals surface area contributed by atoms with Crippen molar-refractivity contribution in [2.24, 2.45) is 0 Å². The molecule has 0 amide bonds. The van der Waals surface area contributed by atoms with Crippen LogP contribution in [0.4, 0.5) is 0 Å². The molecule has 2 rings (SSSR count). The molecular weight excluding hydrogens is 460 g/mol. The summed E-state index contributed by atoms with van der Waals surface area (Å²) in [7, 11) is 0. The number of hydrogen-bond donors (Lipinski definition) is 2. The molecule has 0 unspecified atom stereocenters. The molecule has 2 aromatic carbocycles. The van der Waals surface area contributed by atoms with Crippen molar-refractivity contribution in [2.75, 3.05) is 0 Å². The number of rotatable bonds is 4. The highest BCUT2D eigenvalue weighted by Crippen LogP contribution is 2.50. The largest absolute Gasteiger partial charge is 0.507 e. The zero-order valence-corrected chi connectivity index (χ0v) is 25.3. The quantitative estimate of drug-likeness (QED) is 0.322. The standard InChI is InChI=1S/C33H48O4/c1-15-26(34)37-33(14,24-18-20(29(2,3)4)16-22(27(24)35)31(8,9)10)25-19-21(30(5,6)7)17-23(28(25)36)32(11,12)13/h15-19,35-36H,1H2,2-14H3. The molecule has 0 saturated carbocycles. The van der Waals surface area contributed by atoms with Crippen LogP contribution >= 0.6 is 0 Å². The third-order valence-electron chi connectivity index (χ3n) is 7.07. The molecule has 0 spiro atoms. The van der Waals surface area contributed by atoms with Gasteiger partial charge in [0.15, 0.2) is 5.60 Å². The molecule has 0 radical (unpaired) electrons. The third kappa shape index (κ3) is 6.22. The highest BCUT2D eigenvalue weighted by molar-refractivity contribution is 5.82. The number of ether oxygens (including phenoxy) is 1. The second-order valence-electron chi connectivity index (χ2n) is 14.5. The van der Waals surface area contributed by atoms with Crippen molar-refractivity contribution >= 4 is 5.97 Å². The summed E-state index contributed by atoms with van der Waals surface area (Å²) < 4.78 is 6.11. The molecule has 0 aliphatic heterocycles. The SMILES string of the molecule is C=CC(=O)OC(C)(c1cc(C(C)(C)C)cc(C(C)(C)C)c1O)c1cc(C(C)(C)C)cc(C(C)(C)C)c1O. The van der Waals surface area contributed by atoms with Gasteiger partial charge in [-0.3, -0.25) is 0 Å². The Bertz CT molecular complexity index is 1110. The number of esters is 1. The first-order chi connectivity index (χ1) is 16.4. The van der Waals surface area contributed by atoms with Crippen molar-refractivity contribution in [3.63, 3.8) is 0 Å². The lowest BCUT2D eigenvalue weighted by Gasteiger charge is -2.37. The summed E-state index contributed by atoms with van der Waals surface area (Å²) in [6, 6.07) is 7.86. The van der Waals surface area contributed by atoms with Crippen molar-refractivity contribution in [3.8, 4) is 11.5 Å². The Morgan fingerprint density at radius 1 is 0.622 bits per heavy atom. The van der Waals surface area contributed by atoms with Crippen LogP contribution < -0.4 is 0 Å². The van der Waals surface area contributed by atoms with Gasteiger partial charge in [-0.25, -0.2) is 4.79 Å². The molecule has 4 nitrogen and oxygen atoms in total. The Hall–Kier alpha value is -2.75. The van der Waals surface area contributed by atoms with Crippen molar-refractivity contribution < 1.29 is 19.7 Å². The first kappa shape index (κ1) is 30.5. The van der Waals surface area contributed by atoms with Gasteiger partial charge in [0.25, 0.3) is 0 Å². The van der Waals surface area contributed by atoms with Crippen LogP contribution in [0.1, 0.15) is 123 Å². The van der Waals surface area contributed by atoms with Crippen molar-refractivity contribution in [1.82, 2.24) is 0 Å². The summed E-state index contributed by atoms with van der Waals surface area (Å²) >= 11 is 0. The van der Waals surface area contributed by atoms with E-state index in [-0.39, 0.29) is 33.2 Å². The van der Waals surface area contributed by atoms with Gasteiger partial charge in [0.1, 0.15) is 11.5 Å². The second kappa shape index (κ2) is 9.53. The molecule has 0 fully saturated rings. The average Bonchev–Trinajstić information content (AvgIpc) is 2.70. The maximum atomic E-state index is 12.8. The zero-order valence-electron chi connectivity index (χ0n) is 25.3. The monoisotopic (exact) mass is 508 g/mol. The van der Waals surface area contributed by atoms with Gasteiger partial charge in [-0.05, 0) is 63.0 Å². The molecular formula is C33H48O4. The van der Waals surface area contributed by atoms with Crippen LogP contribution in [0.3, 0.4) is 0 Å². The first-order valence-corrected chi connectivity index (χ1v) is 13.1. The predicted octanol–water partition coefficient (Wildman–Crippen LogP) is 8.28. The van der Waals surface area contributed by atoms with E-state index in [0.717, 1.165) is 28.3 Å². The number of benzene rings is 2. The van der Waals surface area contributed by atoms with Crippen molar-refractivity contribution in [1.29, 1.82) is 0 Å². The summed E-state index contributed by atoms with van der Waals surface area (Å²) in [6.45, 7) is 30.3. The summed E-state index contributed by atoms with van der Waals surface area (Å²) in [5.41, 5.74) is 1.61. The van der Waals surface area contributed by atoms with E-state index in [1.165, 1.54) is 0 Å². The van der Waals surface area contributed by atoms with Crippen LogP contribution in [-0.2, 0) is 36.8 Å². The van der Waals surface area contributed by atoms with Crippen LogP contribution in [0.15, 0.2) is 36.9 Å². The molecule has 0 heterocycles. The lowest BCUT2D eigenvalue weighted by Crippen LogP contribution is -2.33. The normalized spacial score (nSPS) is 13.4. The fourth-order valence-electron chi connectivity index (χ4n) is 4.50. The van der Waals surface area contributed by atoms with E-state index in [1.54, 1.807) is 6.92 Å². The molecule has 0 aliphatic carbocycles. The summed E-state index contributed by atoms with van der Waals surface area (Å²) in [5, 5.41) is 23.5. The van der Waals surface area contributed by atoms with Gasteiger partial charge in [-0.2, -0.15) is 0 Å². The summed E-state index contributed by atoms with van der Waals surface area (Å²) in [6.07, 6.45) is 1.11. The van der Waals surface area contributed by atoms with Crippen LogP contribution in [-0.4, -0.2) is 16.2 Å². The summed E-state index contributed by atoms with van der Waals surface area (Å²) in [5.74, 6) is -0.534. The van der Waals surface area contributed by atoms with Gasteiger partial charge in [-0.15, -0.1) is 0 Å². The minimum atomic E-state index is -1.50. The highest BCUT2D eigenvalue weighted by Gasteiger charge is 2.42. The topological polar surface area (TPSA) is 66.8 Å². The Morgan fingerprint density at radius 3 is 1.16 bits per heavy atom. The molecule has 2 aromatic rings. The molecule has 0 bridgehead atoms. The Kier molecular flexibility index (Phi) is 7.85. The third-order valence-corrected chi connectivity index (χ3v) is 7.07. The molecule has 0 aromatic heterocycles. The molecule has 0 aliphatic rings.